The first-order valence-electron chi connectivity index (χ1n) is 6.61. The fourth-order valence-corrected chi connectivity index (χ4v) is 3.09. The van der Waals surface area contributed by atoms with Gasteiger partial charge in [0.2, 0.25) is 10.0 Å². The van der Waals surface area contributed by atoms with Gasteiger partial charge >= 0.3 is 5.97 Å². The Bertz CT molecular complexity index is 617. The molecule has 0 saturated heterocycles. The second kappa shape index (κ2) is 6.44. The maximum Gasteiger partial charge on any atom is 0.339 e. The molecule has 0 aliphatic rings. The predicted molar refractivity (Wildman–Crippen MR) is 79.3 cm³/mol. The molecule has 2 N–H and O–H groups in total. The number of hydrogen-bond acceptors (Lipinski definition) is 4. The highest BCUT2D eigenvalue weighted by molar-refractivity contribution is 7.89. The van der Waals surface area contributed by atoms with E-state index in [1.807, 2.05) is 6.92 Å². The standard InChI is InChI=1S/C14H21NO5S/c1-5-8-20-12-7-6-10(9-11(12)13(16)17)21(18,19)15-14(2,3)4/h6-7,9,15H,5,8H2,1-4H3,(H,16,17). The summed E-state index contributed by atoms with van der Waals surface area (Å²) in [7, 11) is -3.78. The summed E-state index contributed by atoms with van der Waals surface area (Å²) in [6.07, 6.45) is 0.727. The maximum atomic E-state index is 12.2. The van der Waals surface area contributed by atoms with E-state index < -0.39 is 21.5 Å². The van der Waals surface area contributed by atoms with Crippen molar-refractivity contribution in [2.45, 2.75) is 44.6 Å². The minimum absolute atomic E-state index is 0.0985. The van der Waals surface area contributed by atoms with Crippen LogP contribution in [-0.2, 0) is 10.0 Å². The highest BCUT2D eigenvalue weighted by Gasteiger charge is 2.24. The molecule has 0 aliphatic carbocycles. The van der Waals surface area contributed by atoms with Crippen LogP contribution in [0.5, 0.6) is 5.75 Å². The lowest BCUT2D eigenvalue weighted by molar-refractivity contribution is 0.0692. The quantitative estimate of drug-likeness (QED) is 0.840. The van der Waals surface area contributed by atoms with Gasteiger partial charge in [-0.2, -0.15) is 0 Å². The fraction of sp³-hybridized carbons (Fsp3) is 0.500. The lowest BCUT2D eigenvalue weighted by atomic mass is 10.1. The van der Waals surface area contributed by atoms with Crippen LogP contribution in [0.15, 0.2) is 23.1 Å². The molecule has 0 saturated carbocycles. The molecule has 1 aromatic rings. The topological polar surface area (TPSA) is 92.7 Å². The number of ether oxygens (including phenoxy) is 1. The molecule has 21 heavy (non-hydrogen) atoms. The molecule has 0 atom stereocenters. The molecule has 0 aliphatic heterocycles. The number of sulfonamides is 1. The van der Waals surface area contributed by atoms with E-state index in [0.717, 1.165) is 12.5 Å². The Morgan fingerprint density at radius 2 is 1.95 bits per heavy atom. The molecule has 0 aromatic heterocycles. The molecule has 0 radical (unpaired) electrons. The van der Waals surface area contributed by atoms with Crippen molar-refractivity contribution in [3.05, 3.63) is 23.8 Å². The summed E-state index contributed by atoms with van der Waals surface area (Å²) in [5.74, 6) is -1.06. The van der Waals surface area contributed by atoms with Crippen LogP contribution in [-0.4, -0.2) is 31.6 Å². The van der Waals surface area contributed by atoms with Gasteiger partial charge in [-0.3, -0.25) is 0 Å². The third-order valence-corrected chi connectivity index (χ3v) is 4.15. The van der Waals surface area contributed by atoms with Crippen molar-refractivity contribution < 1.29 is 23.1 Å². The molecule has 0 spiro atoms. The van der Waals surface area contributed by atoms with Crippen LogP contribution < -0.4 is 9.46 Å². The second-order valence-electron chi connectivity index (χ2n) is 5.67. The van der Waals surface area contributed by atoms with Gasteiger partial charge in [0.25, 0.3) is 0 Å². The zero-order valence-electron chi connectivity index (χ0n) is 12.6. The first kappa shape index (κ1) is 17.5. The fourth-order valence-electron chi connectivity index (χ4n) is 1.64. The first-order valence-corrected chi connectivity index (χ1v) is 8.09. The number of carbonyl (C=O) groups is 1. The Kier molecular flexibility index (Phi) is 5.36. The average molecular weight is 315 g/mol. The summed E-state index contributed by atoms with van der Waals surface area (Å²) < 4.78 is 32.2. The summed E-state index contributed by atoms with van der Waals surface area (Å²) >= 11 is 0. The Balaban J connectivity index is 3.22. The molecule has 0 amide bonds. The highest BCUT2D eigenvalue weighted by Crippen LogP contribution is 2.23. The maximum absolute atomic E-state index is 12.2. The van der Waals surface area contributed by atoms with Crippen molar-refractivity contribution in [1.82, 2.24) is 4.72 Å². The van der Waals surface area contributed by atoms with E-state index in [4.69, 9.17) is 4.74 Å². The molecule has 0 unspecified atom stereocenters. The molecule has 1 aromatic carbocycles. The van der Waals surface area contributed by atoms with Crippen LogP contribution in [0.1, 0.15) is 44.5 Å². The minimum atomic E-state index is -3.78. The number of aromatic carboxylic acids is 1. The molecular weight excluding hydrogens is 294 g/mol. The van der Waals surface area contributed by atoms with Gasteiger partial charge in [0.1, 0.15) is 11.3 Å². The molecule has 1 rings (SSSR count). The number of hydrogen-bond donors (Lipinski definition) is 2. The Morgan fingerprint density at radius 1 is 1.33 bits per heavy atom. The van der Waals surface area contributed by atoms with Gasteiger partial charge in [-0.15, -0.1) is 0 Å². The van der Waals surface area contributed by atoms with Crippen molar-refractivity contribution in [3.63, 3.8) is 0 Å². The number of carboxylic acids is 1. The SMILES string of the molecule is CCCOc1ccc(S(=O)(=O)NC(C)(C)C)cc1C(=O)O. The van der Waals surface area contributed by atoms with Crippen LogP contribution >= 0.6 is 0 Å². The van der Waals surface area contributed by atoms with Gasteiger partial charge in [-0.25, -0.2) is 17.9 Å². The zero-order valence-corrected chi connectivity index (χ0v) is 13.5. The van der Waals surface area contributed by atoms with Crippen molar-refractivity contribution in [2.75, 3.05) is 6.61 Å². The number of rotatable bonds is 6. The Labute approximate surface area is 125 Å². The largest absolute Gasteiger partial charge is 0.493 e. The summed E-state index contributed by atoms with van der Waals surface area (Å²) in [4.78, 5) is 11.2. The van der Waals surface area contributed by atoms with Crippen LogP contribution in [0.25, 0.3) is 0 Å². The van der Waals surface area contributed by atoms with E-state index in [-0.39, 0.29) is 16.2 Å². The Morgan fingerprint density at radius 3 is 2.43 bits per heavy atom. The summed E-state index contributed by atoms with van der Waals surface area (Å²) in [5, 5.41) is 9.19. The van der Waals surface area contributed by atoms with Crippen LogP contribution in [0.4, 0.5) is 0 Å². The van der Waals surface area contributed by atoms with E-state index in [1.165, 1.54) is 12.1 Å². The summed E-state index contributed by atoms with van der Waals surface area (Å²) in [6.45, 7) is 7.39. The third-order valence-electron chi connectivity index (χ3n) is 2.39. The normalized spacial score (nSPS) is 12.2. The smallest absolute Gasteiger partial charge is 0.339 e. The number of benzene rings is 1. The molecule has 6 nitrogen and oxygen atoms in total. The van der Waals surface area contributed by atoms with Gasteiger partial charge in [-0.1, -0.05) is 6.92 Å². The van der Waals surface area contributed by atoms with Crippen LogP contribution in [0.2, 0.25) is 0 Å². The second-order valence-corrected chi connectivity index (χ2v) is 7.35. The molecular formula is C14H21NO5S. The highest BCUT2D eigenvalue weighted by atomic mass is 32.2. The van der Waals surface area contributed by atoms with E-state index in [0.29, 0.717) is 6.61 Å². The van der Waals surface area contributed by atoms with Gasteiger partial charge in [-0.05, 0) is 45.4 Å². The van der Waals surface area contributed by atoms with Crippen molar-refractivity contribution in [2.24, 2.45) is 0 Å². The molecule has 0 bridgehead atoms. The summed E-state index contributed by atoms with van der Waals surface area (Å²) in [5.41, 5.74) is -0.820. The molecule has 118 valence electrons. The van der Waals surface area contributed by atoms with Gasteiger partial charge in [0, 0.05) is 5.54 Å². The van der Waals surface area contributed by atoms with E-state index in [1.54, 1.807) is 20.8 Å². The lowest BCUT2D eigenvalue weighted by Gasteiger charge is -2.20. The third kappa shape index (κ3) is 5.02. The van der Waals surface area contributed by atoms with Crippen LogP contribution in [0, 0.1) is 0 Å². The zero-order chi connectivity index (χ0) is 16.3. The first-order chi connectivity index (χ1) is 9.57. The number of nitrogens with one attached hydrogen (secondary N) is 1. The van der Waals surface area contributed by atoms with Gasteiger partial charge in [0.05, 0.1) is 11.5 Å². The lowest BCUT2D eigenvalue weighted by Crippen LogP contribution is -2.40. The van der Waals surface area contributed by atoms with Gasteiger partial charge < -0.3 is 9.84 Å². The molecule has 7 heteroatoms. The average Bonchev–Trinajstić information content (AvgIpc) is 2.33. The summed E-state index contributed by atoms with van der Waals surface area (Å²) in [6, 6.07) is 3.82. The van der Waals surface area contributed by atoms with Crippen molar-refractivity contribution in [1.29, 1.82) is 0 Å². The Hall–Kier alpha value is -1.60. The minimum Gasteiger partial charge on any atom is -0.493 e. The van der Waals surface area contributed by atoms with E-state index >= 15 is 0 Å². The van der Waals surface area contributed by atoms with E-state index in [2.05, 4.69) is 4.72 Å². The predicted octanol–water partition coefficient (Wildman–Crippen LogP) is 2.25. The monoisotopic (exact) mass is 315 g/mol. The van der Waals surface area contributed by atoms with Gasteiger partial charge in [0.15, 0.2) is 0 Å². The molecule has 0 heterocycles. The molecule has 0 fully saturated rings. The number of carboxylic acid groups (broad SMARTS) is 1. The van der Waals surface area contributed by atoms with Crippen molar-refractivity contribution in [3.8, 4) is 5.75 Å². The van der Waals surface area contributed by atoms with Crippen molar-refractivity contribution >= 4 is 16.0 Å². The van der Waals surface area contributed by atoms with E-state index in [9.17, 15) is 18.3 Å². The van der Waals surface area contributed by atoms with Crippen LogP contribution in [0.3, 0.4) is 0 Å².